The van der Waals surface area contributed by atoms with Crippen molar-refractivity contribution in [3.8, 4) is 0 Å². The lowest BCUT2D eigenvalue weighted by molar-refractivity contribution is -0.118. The quantitative estimate of drug-likeness (QED) is 0.662. The molecular formula is C22H21N3O3. The number of benzene rings is 2. The van der Waals surface area contributed by atoms with Crippen LogP contribution < -0.4 is 10.6 Å². The fraction of sp³-hybridized carbons (Fsp3) is 0.136. The van der Waals surface area contributed by atoms with Crippen LogP contribution in [0.15, 0.2) is 85.2 Å². The summed E-state index contributed by atoms with van der Waals surface area (Å²) in [4.78, 5) is 28.9. The minimum absolute atomic E-state index is 0.136. The van der Waals surface area contributed by atoms with Crippen molar-refractivity contribution in [3.63, 3.8) is 0 Å². The van der Waals surface area contributed by atoms with Gasteiger partial charge in [0.25, 0.3) is 0 Å². The van der Waals surface area contributed by atoms with E-state index < -0.39 is 12.1 Å². The number of nitrogens with one attached hydrogen (secondary N) is 2. The summed E-state index contributed by atoms with van der Waals surface area (Å²) in [5.74, 6) is -0.327. The maximum Gasteiger partial charge on any atom is 0.408 e. The summed E-state index contributed by atoms with van der Waals surface area (Å²) in [7, 11) is 0. The molecule has 0 bridgehead atoms. The summed E-state index contributed by atoms with van der Waals surface area (Å²) in [5, 5.41) is 5.46. The van der Waals surface area contributed by atoms with Crippen LogP contribution in [0, 0.1) is 0 Å². The first-order valence-corrected chi connectivity index (χ1v) is 8.93. The molecule has 6 nitrogen and oxygen atoms in total. The van der Waals surface area contributed by atoms with Crippen molar-refractivity contribution in [1.82, 2.24) is 10.3 Å². The van der Waals surface area contributed by atoms with E-state index in [1.54, 1.807) is 24.5 Å². The number of carbonyl (C=O) groups excluding carboxylic acids is 2. The molecule has 0 aliphatic heterocycles. The van der Waals surface area contributed by atoms with Crippen molar-refractivity contribution in [2.24, 2.45) is 0 Å². The number of hydrogen-bond donors (Lipinski definition) is 2. The standard InChI is InChI=1S/C22H21N3O3/c26-21(24-19-11-13-23-14-12-19)20(15-17-7-3-1-4-8-17)25-22(27)28-16-18-9-5-2-6-10-18/h1-14,20H,15-16H2,(H,25,27)(H,23,24,26)/t20-/m0/s1. The van der Waals surface area contributed by atoms with Gasteiger partial charge in [0.15, 0.2) is 0 Å². The molecule has 0 aliphatic rings. The number of anilines is 1. The molecule has 0 fully saturated rings. The number of pyridine rings is 1. The number of carbonyl (C=O) groups is 2. The van der Waals surface area contributed by atoms with Gasteiger partial charge in [-0.2, -0.15) is 0 Å². The maximum atomic E-state index is 12.7. The zero-order chi connectivity index (χ0) is 19.6. The molecule has 2 aromatic carbocycles. The molecule has 1 atom stereocenters. The third-order valence-electron chi connectivity index (χ3n) is 4.05. The highest BCUT2D eigenvalue weighted by atomic mass is 16.5. The van der Waals surface area contributed by atoms with Crippen LogP contribution in [0.3, 0.4) is 0 Å². The topological polar surface area (TPSA) is 80.3 Å². The second-order valence-electron chi connectivity index (χ2n) is 6.17. The first kappa shape index (κ1) is 19.1. The molecule has 0 saturated carbocycles. The Morgan fingerprint density at radius 1 is 0.857 bits per heavy atom. The van der Waals surface area contributed by atoms with Gasteiger partial charge in [-0.1, -0.05) is 60.7 Å². The normalized spacial score (nSPS) is 11.3. The molecule has 0 spiro atoms. The van der Waals surface area contributed by atoms with E-state index in [1.807, 2.05) is 60.7 Å². The van der Waals surface area contributed by atoms with Gasteiger partial charge in [-0.05, 0) is 23.3 Å². The van der Waals surface area contributed by atoms with Gasteiger partial charge in [-0.3, -0.25) is 9.78 Å². The highest BCUT2D eigenvalue weighted by Gasteiger charge is 2.22. The Morgan fingerprint density at radius 3 is 2.11 bits per heavy atom. The average Bonchev–Trinajstić information content (AvgIpc) is 2.74. The Hall–Kier alpha value is -3.67. The van der Waals surface area contributed by atoms with E-state index in [0.717, 1.165) is 11.1 Å². The molecule has 6 heteroatoms. The van der Waals surface area contributed by atoms with Crippen molar-refractivity contribution in [2.45, 2.75) is 19.1 Å². The molecule has 28 heavy (non-hydrogen) atoms. The predicted octanol–water partition coefficient (Wildman–Crippen LogP) is 3.56. The van der Waals surface area contributed by atoms with Gasteiger partial charge in [0.05, 0.1) is 0 Å². The van der Waals surface area contributed by atoms with Crippen LogP contribution in [-0.4, -0.2) is 23.0 Å². The molecule has 2 N–H and O–H groups in total. The van der Waals surface area contributed by atoms with Crippen molar-refractivity contribution >= 4 is 17.7 Å². The number of aromatic nitrogens is 1. The summed E-state index contributed by atoms with van der Waals surface area (Å²) >= 11 is 0. The molecule has 3 rings (SSSR count). The highest BCUT2D eigenvalue weighted by Crippen LogP contribution is 2.09. The molecule has 0 aliphatic carbocycles. The molecular weight excluding hydrogens is 354 g/mol. The maximum absolute atomic E-state index is 12.7. The molecule has 0 radical (unpaired) electrons. The van der Waals surface area contributed by atoms with E-state index in [2.05, 4.69) is 15.6 Å². The minimum atomic E-state index is -0.779. The summed E-state index contributed by atoms with van der Waals surface area (Å²) in [6.07, 6.45) is 2.87. The molecule has 0 saturated heterocycles. The van der Waals surface area contributed by atoms with Crippen LogP contribution in [0.25, 0.3) is 0 Å². The lowest BCUT2D eigenvalue weighted by atomic mass is 10.1. The fourth-order valence-corrected chi connectivity index (χ4v) is 2.63. The monoisotopic (exact) mass is 375 g/mol. The van der Waals surface area contributed by atoms with Crippen LogP contribution >= 0.6 is 0 Å². The first-order chi connectivity index (χ1) is 13.7. The van der Waals surface area contributed by atoms with E-state index in [4.69, 9.17) is 4.74 Å². The molecule has 1 heterocycles. The van der Waals surface area contributed by atoms with Crippen LogP contribution in [0.2, 0.25) is 0 Å². The van der Waals surface area contributed by atoms with Crippen molar-refractivity contribution in [3.05, 3.63) is 96.3 Å². The first-order valence-electron chi connectivity index (χ1n) is 8.93. The summed E-state index contributed by atoms with van der Waals surface area (Å²) in [6.45, 7) is 0.136. The van der Waals surface area contributed by atoms with E-state index in [0.29, 0.717) is 12.1 Å². The second-order valence-corrected chi connectivity index (χ2v) is 6.17. The number of ether oxygens (including phenoxy) is 1. The smallest absolute Gasteiger partial charge is 0.408 e. The van der Waals surface area contributed by atoms with Crippen LogP contribution in [-0.2, 0) is 22.6 Å². The van der Waals surface area contributed by atoms with E-state index in [-0.39, 0.29) is 12.5 Å². The van der Waals surface area contributed by atoms with Gasteiger partial charge in [0, 0.05) is 24.5 Å². The van der Waals surface area contributed by atoms with Gasteiger partial charge >= 0.3 is 6.09 Å². The number of amides is 2. The molecule has 142 valence electrons. The van der Waals surface area contributed by atoms with Crippen LogP contribution in [0.4, 0.5) is 10.5 Å². The zero-order valence-electron chi connectivity index (χ0n) is 15.2. The van der Waals surface area contributed by atoms with E-state index >= 15 is 0 Å². The van der Waals surface area contributed by atoms with Gasteiger partial charge < -0.3 is 15.4 Å². The van der Waals surface area contributed by atoms with Crippen molar-refractivity contribution < 1.29 is 14.3 Å². The zero-order valence-corrected chi connectivity index (χ0v) is 15.2. The van der Waals surface area contributed by atoms with Crippen molar-refractivity contribution in [1.29, 1.82) is 0 Å². The third kappa shape index (κ3) is 5.95. The predicted molar refractivity (Wildman–Crippen MR) is 107 cm³/mol. The van der Waals surface area contributed by atoms with Gasteiger partial charge in [-0.25, -0.2) is 4.79 Å². The average molecular weight is 375 g/mol. The lowest BCUT2D eigenvalue weighted by Gasteiger charge is -2.18. The third-order valence-corrected chi connectivity index (χ3v) is 4.05. The summed E-state index contributed by atoms with van der Waals surface area (Å²) < 4.78 is 5.26. The lowest BCUT2D eigenvalue weighted by Crippen LogP contribution is -2.45. The molecule has 2 amide bonds. The largest absolute Gasteiger partial charge is 0.445 e. The van der Waals surface area contributed by atoms with Crippen molar-refractivity contribution in [2.75, 3.05) is 5.32 Å². The second kappa shape index (κ2) is 9.87. The SMILES string of the molecule is O=C(N[C@@H](Cc1ccccc1)C(=O)Nc1ccncc1)OCc1ccccc1. The molecule has 0 unspecified atom stereocenters. The highest BCUT2D eigenvalue weighted by molar-refractivity contribution is 5.96. The Bertz CT molecular complexity index is 887. The summed E-state index contributed by atoms with van der Waals surface area (Å²) in [6, 6.07) is 21.5. The Morgan fingerprint density at radius 2 is 1.46 bits per heavy atom. The number of nitrogens with zero attached hydrogens (tertiary/aromatic N) is 1. The Balaban J connectivity index is 1.64. The number of rotatable bonds is 7. The minimum Gasteiger partial charge on any atom is -0.445 e. The Kier molecular flexibility index (Phi) is 6.73. The summed E-state index contributed by atoms with van der Waals surface area (Å²) in [5.41, 5.74) is 2.41. The van der Waals surface area contributed by atoms with Gasteiger partial charge in [0.1, 0.15) is 12.6 Å². The Labute approximate surface area is 163 Å². The molecule has 1 aromatic heterocycles. The van der Waals surface area contributed by atoms with Gasteiger partial charge in [-0.15, -0.1) is 0 Å². The fourth-order valence-electron chi connectivity index (χ4n) is 2.63. The van der Waals surface area contributed by atoms with Crippen LogP contribution in [0.5, 0.6) is 0 Å². The van der Waals surface area contributed by atoms with E-state index in [9.17, 15) is 9.59 Å². The van der Waals surface area contributed by atoms with Crippen LogP contribution in [0.1, 0.15) is 11.1 Å². The number of hydrogen-bond acceptors (Lipinski definition) is 4. The number of alkyl carbamates (subject to hydrolysis) is 1. The molecule has 3 aromatic rings. The van der Waals surface area contributed by atoms with E-state index in [1.165, 1.54) is 0 Å². The van der Waals surface area contributed by atoms with Gasteiger partial charge in [0.2, 0.25) is 5.91 Å².